The topological polar surface area (TPSA) is 101 Å². The number of hydrogen-bond donors (Lipinski definition) is 2. The first-order valence-electron chi connectivity index (χ1n) is 13.5. The lowest BCUT2D eigenvalue weighted by atomic mass is 9.46. The zero-order valence-electron chi connectivity index (χ0n) is 21.8. The van der Waals surface area contributed by atoms with E-state index in [9.17, 15) is 14.7 Å². The third kappa shape index (κ3) is 4.09. The van der Waals surface area contributed by atoms with Crippen molar-refractivity contribution in [3.8, 4) is 0 Å². The molecule has 7 heteroatoms. The van der Waals surface area contributed by atoms with Crippen LogP contribution in [0.3, 0.4) is 0 Å². The molecule has 0 saturated heterocycles. The molecule has 5 rings (SSSR count). The number of pyridine rings is 1. The molecule has 3 saturated carbocycles. The number of carbonyl (C=O) groups excluding carboxylic acids is 2. The number of hydrogen-bond acceptors (Lipinski definition) is 6. The number of aromatic nitrogens is 1. The summed E-state index contributed by atoms with van der Waals surface area (Å²) in [6.45, 7) is 6.41. The second kappa shape index (κ2) is 9.40. The molecule has 0 bridgehead atoms. The van der Waals surface area contributed by atoms with Gasteiger partial charge in [-0.25, -0.2) is 0 Å². The van der Waals surface area contributed by atoms with E-state index in [4.69, 9.17) is 4.84 Å². The van der Waals surface area contributed by atoms with Crippen LogP contribution in [0.5, 0.6) is 0 Å². The van der Waals surface area contributed by atoms with Crippen LogP contribution in [-0.4, -0.2) is 39.7 Å². The van der Waals surface area contributed by atoms with E-state index in [0.29, 0.717) is 30.7 Å². The van der Waals surface area contributed by atoms with Crippen molar-refractivity contribution < 1.29 is 19.5 Å². The molecule has 3 fully saturated rings. The minimum Gasteiger partial charge on any atom is -0.385 e. The Morgan fingerprint density at radius 2 is 1.94 bits per heavy atom. The van der Waals surface area contributed by atoms with Gasteiger partial charge in [0.2, 0.25) is 0 Å². The number of nitrogens with one attached hydrogen (secondary N) is 1. The molecule has 7 nitrogen and oxygen atoms in total. The quantitative estimate of drug-likeness (QED) is 0.574. The summed E-state index contributed by atoms with van der Waals surface area (Å²) in [5.41, 5.74) is 1.82. The van der Waals surface area contributed by atoms with Crippen LogP contribution in [0.4, 0.5) is 0 Å². The van der Waals surface area contributed by atoms with Gasteiger partial charge in [0.15, 0.2) is 12.4 Å². The van der Waals surface area contributed by atoms with Gasteiger partial charge in [0.1, 0.15) is 5.60 Å². The van der Waals surface area contributed by atoms with Crippen LogP contribution in [0.1, 0.15) is 77.8 Å². The number of Topliss-reactive ketones (excluding diaryl/α,β-unsaturated/α-hetero) is 1. The van der Waals surface area contributed by atoms with Crippen molar-refractivity contribution in [3.05, 3.63) is 41.7 Å². The largest absolute Gasteiger partial charge is 0.385 e. The van der Waals surface area contributed by atoms with Gasteiger partial charge in [0.05, 0.1) is 18.0 Å². The van der Waals surface area contributed by atoms with E-state index < -0.39 is 5.60 Å². The zero-order chi connectivity index (χ0) is 25.6. The summed E-state index contributed by atoms with van der Waals surface area (Å²) in [5, 5.41) is 18.4. The molecule has 1 amide bonds. The summed E-state index contributed by atoms with van der Waals surface area (Å²) >= 11 is 0. The number of amides is 1. The second-order valence-corrected chi connectivity index (χ2v) is 11.9. The summed E-state index contributed by atoms with van der Waals surface area (Å²) in [6.07, 6.45) is 11.4. The maximum absolute atomic E-state index is 12.4. The molecule has 0 unspecified atom stereocenters. The van der Waals surface area contributed by atoms with Crippen LogP contribution in [0, 0.1) is 28.6 Å². The summed E-state index contributed by atoms with van der Waals surface area (Å²) < 4.78 is 0. The molecule has 0 aromatic carbocycles. The van der Waals surface area contributed by atoms with Gasteiger partial charge in [-0.15, -0.1) is 0 Å². The van der Waals surface area contributed by atoms with Crippen molar-refractivity contribution in [1.82, 2.24) is 10.3 Å². The average molecular weight is 494 g/mol. The predicted octanol–water partition coefficient (Wildman–Crippen LogP) is 4.35. The Bertz CT molecular complexity index is 1090. The third-order valence-electron chi connectivity index (χ3n) is 10.3. The van der Waals surface area contributed by atoms with Gasteiger partial charge in [-0.3, -0.25) is 14.6 Å². The van der Waals surface area contributed by atoms with Crippen LogP contribution >= 0.6 is 0 Å². The number of rotatable bonds is 6. The minimum atomic E-state index is -1.16. The fraction of sp³-hybridized carbons (Fsp3) is 0.655. The van der Waals surface area contributed by atoms with Gasteiger partial charge in [0, 0.05) is 11.6 Å². The van der Waals surface area contributed by atoms with E-state index in [1.807, 2.05) is 18.2 Å². The van der Waals surface area contributed by atoms with Crippen LogP contribution in [0.2, 0.25) is 0 Å². The summed E-state index contributed by atoms with van der Waals surface area (Å²) in [4.78, 5) is 34.1. The molecular formula is C29H39N3O4. The molecule has 6 atom stereocenters. The maximum atomic E-state index is 12.4. The van der Waals surface area contributed by atoms with E-state index in [2.05, 4.69) is 35.4 Å². The third-order valence-corrected chi connectivity index (χ3v) is 10.3. The fourth-order valence-electron chi connectivity index (χ4n) is 8.15. The molecule has 4 aliphatic carbocycles. The molecule has 0 spiro atoms. The molecule has 0 aliphatic heterocycles. The van der Waals surface area contributed by atoms with Gasteiger partial charge in [-0.2, -0.15) is 0 Å². The molecule has 36 heavy (non-hydrogen) atoms. The lowest BCUT2D eigenvalue weighted by molar-refractivity contribution is -0.159. The van der Waals surface area contributed by atoms with Gasteiger partial charge in [0.25, 0.3) is 5.91 Å². The standard InChI is InChI=1S/C29H39N3O4/c1-19(33)29(35)14-11-25-23-8-7-20-16-21(9-12-27(20,2)24(23)10-13-28(25,29)3)32-36-18-26(34)31-17-22-6-4-5-15-30-22/h4-6,15-16,23-25,35H,7-14,17-18H2,1-3H3,(H,31,34)/b32-21+/t23-,24+,25+,27+,28+,29+/m1/s1. The molecule has 4 aliphatic rings. The van der Waals surface area contributed by atoms with Crippen LogP contribution < -0.4 is 5.32 Å². The lowest BCUT2D eigenvalue weighted by Gasteiger charge is -2.59. The van der Waals surface area contributed by atoms with Gasteiger partial charge >= 0.3 is 0 Å². The Labute approximate surface area is 213 Å². The normalized spacial score (nSPS) is 38.4. The Morgan fingerprint density at radius 3 is 2.69 bits per heavy atom. The number of ketones is 1. The molecule has 1 aromatic heterocycles. The van der Waals surface area contributed by atoms with Gasteiger partial charge in [-0.1, -0.05) is 30.6 Å². The Kier molecular flexibility index (Phi) is 6.56. The maximum Gasteiger partial charge on any atom is 0.261 e. The number of allylic oxidation sites excluding steroid dienone is 2. The minimum absolute atomic E-state index is 0.0579. The van der Waals surface area contributed by atoms with Crippen molar-refractivity contribution in [2.75, 3.05) is 6.61 Å². The molecule has 0 radical (unpaired) electrons. The van der Waals surface area contributed by atoms with Crippen LogP contribution in [-0.2, 0) is 21.0 Å². The monoisotopic (exact) mass is 493 g/mol. The highest BCUT2D eigenvalue weighted by Gasteiger charge is 2.65. The molecule has 194 valence electrons. The van der Waals surface area contributed by atoms with Gasteiger partial charge < -0.3 is 15.3 Å². The van der Waals surface area contributed by atoms with Crippen molar-refractivity contribution in [3.63, 3.8) is 0 Å². The van der Waals surface area contributed by atoms with Crippen LogP contribution in [0.25, 0.3) is 0 Å². The van der Waals surface area contributed by atoms with E-state index >= 15 is 0 Å². The molecular weight excluding hydrogens is 454 g/mol. The molecule has 2 N–H and O–H groups in total. The Morgan fingerprint density at radius 1 is 1.14 bits per heavy atom. The zero-order valence-corrected chi connectivity index (χ0v) is 21.8. The highest BCUT2D eigenvalue weighted by molar-refractivity contribution is 5.96. The van der Waals surface area contributed by atoms with Crippen molar-refractivity contribution in [1.29, 1.82) is 0 Å². The number of fused-ring (bicyclic) bond motifs is 5. The van der Waals surface area contributed by atoms with E-state index in [1.165, 1.54) is 5.57 Å². The first kappa shape index (κ1) is 25.1. The van der Waals surface area contributed by atoms with E-state index in [0.717, 1.165) is 56.4 Å². The summed E-state index contributed by atoms with van der Waals surface area (Å²) in [6, 6.07) is 5.60. The van der Waals surface area contributed by atoms with Crippen LogP contribution in [0.15, 0.2) is 41.2 Å². The van der Waals surface area contributed by atoms with Gasteiger partial charge in [-0.05, 0) is 99.7 Å². The smallest absolute Gasteiger partial charge is 0.261 e. The highest BCUT2D eigenvalue weighted by atomic mass is 16.6. The first-order chi connectivity index (χ1) is 17.2. The van der Waals surface area contributed by atoms with Crippen molar-refractivity contribution in [2.24, 2.45) is 33.7 Å². The number of nitrogens with zero attached hydrogens (tertiary/aromatic N) is 2. The predicted molar refractivity (Wildman–Crippen MR) is 137 cm³/mol. The number of aliphatic hydroxyl groups is 1. The first-order valence-corrected chi connectivity index (χ1v) is 13.5. The Hall–Kier alpha value is -2.54. The van der Waals surface area contributed by atoms with Crippen molar-refractivity contribution in [2.45, 2.75) is 84.3 Å². The molecule has 1 aromatic rings. The lowest BCUT2D eigenvalue weighted by Crippen LogP contribution is -2.57. The summed E-state index contributed by atoms with van der Waals surface area (Å²) in [7, 11) is 0. The average Bonchev–Trinajstić information content (AvgIpc) is 3.15. The van der Waals surface area contributed by atoms with Crippen molar-refractivity contribution >= 4 is 17.4 Å². The Balaban J connectivity index is 1.22. The number of carbonyl (C=O) groups is 2. The fourth-order valence-corrected chi connectivity index (χ4v) is 8.15. The summed E-state index contributed by atoms with van der Waals surface area (Å²) in [5.74, 6) is 1.26. The second-order valence-electron chi connectivity index (χ2n) is 11.9. The SMILES string of the molecule is CC(=O)[C@@]1(O)CC[C@H]2[C@@H]3CCC4=C/C(=N/OCC(=O)NCc5ccccn5)CC[C@]4(C)[C@H]3CC[C@@]21C. The molecule has 1 heterocycles. The van der Waals surface area contributed by atoms with E-state index in [-0.39, 0.29) is 29.1 Å². The number of oxime groups is 1. The highest BCUT2D eigenvalue weighted by Crippen LogP contribution is 2.67. The van der Waals surface area contributed by atoms with E-state index in [1.54, 1.807) is 13.1 Å².